The zero-order chi connectivity index (χ0) is 13.4. The molecule has 1 amide bonds. The molecule has 0 radical (unpaired) electrons. The largest absolute Gasteiger partial charge is 0.350 e. The number of anilines is 1. The van der Waals surface area contributed by atoms with Gasteiger partial charge in [-0.15, -0.1) is 11.3 Å². The molecule has 19 heavy (non-hydrogen) atoms. The van der Waals surface area contributed by atoms with Crippen LogP contribution in [-0.2, 0) is 0 Å². The highest BCUT2D eigenvalue weighted by Gasteiger charge is 2.11. The maximum atomic E-state index is 12.2. The van der Waals surface area contributed by atoms with Crippen molar-refractivity contribution in [2.24, 2.45) is 0 Å². The molecule has 0 aliphatic heterocycles. The number of hydrogen-bond acceptors (Lipinski definition) is 2. The van der Waals surface area contributed by atoms with Gasteiger partial charge in [-0.25, -0.2) is 0 Å². The monoisotopic (exact) mass is 290 g/mol. The number of H-pyrrole nitrogens is 1. The third-order valence-corrected chi connectivity index (χ3v) is 4.03. The summed E-state index contributed by atoms with van der Waals surface area (Å²) in [6.45, 7) is 1.93. The lowest BCUT2D eigenvalue weighted by atomic mass is 10.2. The Kier molecular flexibility index (Phi) is 3.05. The number of halogens is 1. The molecule has 0 aliphatic rings. The summed E-state index contributed by atoms with van der Waals surface area (Å²) in [6.07, 6.45) is 0. The van der Waals surface area contributed by atoms with Gasteiger partial charge in [0.15, 0.2) is 0 Å². The number of benzene rings is 1. The summed E-state index contributed by atoms with van der Waals surface area (Å²) in [5.41, 5.74) is 3.25. The average Bonchev–Trinajstić information content (AvgIpc) is 2.94. The van der Waals surface area contributed by atoms with E-state index in [1.165, 1.54) is 0 Å². The second-order valence-corrected chi connectivity index (χ2v) is 5.68. The van der Waals surface area contributed by atoms with Crippen LogP contribution in [0.4, 0.5) is 5.69 Å². The number of carbonyl (C=O) groups excluding carboxylic acids is 1. The molecule has 0 saturated heterocycles. The van der Waals surface area contributed by atoms with Crippen LogP contribution in [0.1, 0.15) is 16.1 Å². The molecule has 5 heteroatoms. The molecule has 0 spiro atoms. The van der Waals surface area contributed by atoms with Crippen molar-refractivity contribution < 1.29 is 4.79 Å². The summed E-state index contributed by atoms with van der Waals surface area (Å²) in [6, 6.07) is 9.25. The molecule has 2 heterocycles. The summed E-state index contributed by atoms with van der Waals surface area (Å²) in [7, 11) is 0. The first-order valence-corrected chi connectivity index (χ1v) is 7.03. The van der Waals surface area contributed by atoms with E-state index >= 15 is 0 Å². The molecule has 2 N–H and O–H groups in total. The number of aromatic amines is 1. The summed E-state index contributed by atoms with van der Waals surface area (Å²) in [4.78, 5) is 15.3. The van der Waals surface area contributed by atoms with Gasteiger partial charge in [-0.2, -0.15) is 0 Å². The predicted molar refractivity (Wildman–Crippen MR) is 80.3 cm³/mol. The van der Waals surface area contributed by atoms with Crippen LogP contribution in [0, 0.1) is 6.92 Å². The van der Waals surface area contributed by atoms with Crippen LogP contribution < -0.4 is 5.32 Å². The van der Waals surface area contributed by atoms with Crippen molar-refractivity contribution in [3.8, 4) is 0 Å². The number of rotatable bonds is 2. The van der Waals surface area contributed by atoms with Gasteiger partial charge >= 0.3 is 0 Å². The number of aromatic nitrogens is 1. The molecule has 0 unspecified atom stereocenters. The van der Waals surface area contributed by atoms with Crippen molar-refractivity contribution in [1.29, 1.82) is 0 Å². The Bertz CT molecular complexity index is 731. The smallest absolute Gasteiger partial charge is 0.272 e. The topological polar surface area (TPSA) is 44.9 Å². The minimum Gasteiger partial charge on any atom is -0.350 e. The lowest BCUT2D eigenvalue weighted by molar-refractivity contribution is 0.102. The van der Waals surface area contributed by atoms with E-state index in [2.05, 4.69) is 10.3 Å². The minimum absolute atomic E-state index is 0.159. The number of carbonyl (C=O) groups is 1. The normalized spacial score (nSPS) is 10.8. The Morgan fingerprint density at radius 3 is 2.95 bits per heavy atom. The van der Waals surface area contributed by atoms with E-state index in [0.29, 0.717) is 10.7 Å². The van der Waals surface area contributed by atoms with Crippen molar-refractivity contribution in [1.82, 2.24) is 4.98 Å². The van der Waals surface area contributed by atoms with Gasteiger partial charge in [0.25, 0.3) is 5.91 Å². The highest BCUT2D eigenvalue weighted by atomic mass is 35.5. The van der Waals surface area contributed by atoms with Crippen LogP contribution >= 0.6 is 22.9 Å². The molecule has 3 rings (SSSR count). The van der Waals surface area contributed by atoms with Gasteiger partial charge in [0.2, 0.25) is 0 Å². The first-order chi connectivity index (χ1) is 9.13. The fraction of sp³-hybridized carbons (Fsp3) is 0.0714. The lowest BCUT2D eigenvalue weighted by Gasteiger charge is -2.07. The van der Waals surface area contributed by atoms with Gasteiger partial charge in [-0.05, 0) is 42.1 Å². The van der Waals surface area contributed by atoms with E-state index in [1.54, 1.807) is 23.5 Å². The summed E-state index contributed by atoms with van der Waals surface area (Å²) >= 11 is 7.54. The molecule has 0 saturated carbocycles. The summed E-state index contributed by atoms with van der Waals surface area (Å²) in [5.74, 6) is -0.159. The average molecular weight is 291 g/mol. The number of hydrogen-bond donors (Lipinski definition) is 2. The van der Waals surface area contributed by atoms with Gasteiger partial charge in [-0.3, -0.25) is 4.79 Å². The standard InChI is InChI=1S/C14H11ClN2OS/c1-8-2-3-9(15)6-11(8)17-14(18)12-7-13-10(16-12)4-5-19-13/h2-7,16H,1H3,(H,17,18). The van der Waals surface area contributed by atoms with E-state index < -0.39 is 0 Å². The van der Waals surface area contributed by atoms with Crippen molar-refractivity contribution in [2.75, 3.05) is 5.32 Å². The third kappa shape index (κ3) is 2.37. The van der Waals surface area contributed by atoms with Crippen LogP contribution in [0.2, 0.25) is 5.02 Å². The first kappa shape index (κ1) is 12.3. The second-order valence-electron chi connectivity index (χ2n) is 4.29. The van der Waals surface area contributed by atoms with E-state index in [0.717, 1.165) is 21.5 Å². The Hall–Kier alpha value is -1.78. The quantitative estimate of drug-likeness (QED) is 0.720. The van der Waals surface area contributed by atoms with Crippen LogP contribution in [0.5, 0.6) is 0 Å². The summed E-state index contributed by atoms with van der Waals surface area (Å²) in [5, 5.41) is 5.46. The summed E-state index contributed by atoms with van der Waals surface area (Å²) < 4.78 is 1.08. The zero-order valence-electron chi connectivity index (χ0n) is 10.2. The number of nitrogens with one attached hydrogen (secondary N) is 2. The Balaban J connectivity index is 1.88. The number of thiophene rings is 1. The van der Waals surface area contributed by atoms with Crippen LogP contribution in [-0.4, -0.2) is 10.9 Å². The predicted octanol–water partition coefficient (Wildman–Crippen LogP) is 4.44. The highest BCUT2D eigenvalue weighted by molar-refractivity contribution is 7.17. The van der Waals surface area contributed by atoms with Crippen molar-refractivity contribution in [3.63, 3.8) is 0 Å². The molecule has 2 aromatic heterocycles. The molecule has 0 aliphatic carbocycles. The van der Waals surface area contributed by atoms with Gasteiger partial charge in [0.1, 0.15) is 5.69 Å². The number of amides is 1. The fourth-order valence-corrected chi connectivity index (χ4v) is 2.84. The SMILES string of the molecule is Cc1ccc(Cl)cc1NC(=O)c1cc2sccc2[nH]1. The Morgan fingerprint density at radius 1 is 1.32 bits per heavy atom. The van der Waals surface area contributed by atoms with Gasteiger partial charge in [0.05, 0.1) is 10.2 Å². The van der Waals surface area contributed by atoms with E-state index in [1.807, 2.05) is 30.5 Å². The minimum atomic E-state index is -0.159. The van der Waals surface area contributed by atoms with Crippen molar-refractivity contribution in [3.05, 3.63) is 52.0 Å². The van der Waals surface area contributed by atoms with Crippen molar-refractivity contribution in [2.45, 2.75) is 6.92 Å². The Labute approximate surface area is 119 Å². The Morgan fingerprint density at radius 2 is 2.16 bits per heavy atom. The molecular weight excluding hydrogens is 280 g/mol. The fourth-order valence-electron chi connectivity index (χ4n) is 1.89. The number of aryl methyl sites for hydroxylation is 1. The van der Waals surface area contributed by atoms with Crippen molar-refractivity contribution >= 4 is 44.7 Å². The molecule has 0 atom stereocenters. The molecule has 1 aromatic carbocycles. The molecule has 3 nitrogen and oxygen atoms in total. The van der Waals surface area contributed by atoms with E-state index in [9.17, 15) is 4.79 Å². The van der Waals surface area contributed by atoms with E-state index in [-0.39, 0.29) is 5.91 Å². The highest BCUT2D eigenvalue weighted by Crippen LogP contribution is 2.23. The maximum Gasteiger partial charge on any atom is 0.272 e. The van der Waals surface area contributed by atoms with Crippen LogP contribution in [0.25, 0.3) is 10.2 Å². The second kappa shape index (κ2) is 4.72. The van der Waals surface area contributed by atoms with Crippen LogP contribution in [0.3, 0.4) is 0 Å². The first-order valence-electron chi connectivity index (χ1n) is 5.77. The zero-order valence-corrected chi connectivity index (χ0v) is 11.7. The lowest BCUT2D eigenvalue weighted by Crippen LogP contribution is -2.13. The van der Waals surface area contributed by atoms with E-state index in [4.69, 9.17) is 11.6 Å². The van der Waals surface area contributed by atoms with Crippen LogP contribution in [0.15, 0.2) is 35.7 Å². The maximum absolute atomic E-state index is 12.2. The molecular formula is C14H11ClN2OS. The molecule has 0 bridgehead atoms. The third-order valence-electron chi connectivity index (χ3n) is 2.93. The molecule has 0 fully saturated rings. The van der Waals surface area contributed by atoms with Gasteiger partial charge in [0, 0.05) is 10.7 Å². The molecule has 96 valence electrons. The molecule has 3 aromatic rings. The van der Waals surface area contributed by atoms with Gasteiger partial charge < -0.3 is 10.3 Å². The van der Waals surface area contributed by atoms with Gasteiger partial charge in [-0.1, -0.05) is 17.7 Å². The number of fused-ring (bicyclic) bond motifs is 1.